The number of hydrogen-bond acceptors (Lipinski definition) is 6. The van der Waals surface area contributed by atoms with Gasteiger partial charge < -0.3 is 10.4 Å². The zero-order chi connectivity index (χ0) is 16.3. The van der Waals surface area contributed by atoms with E-state index in [1.165, 1.54) is 0 Å². The summed E-state index contributed by atoms with van der Waals surface area (Å²) in [5.41, 5.74) is 0.610. The lowest BCUT2D eigenvalue weighted by Crippen LogP contribution is -2.27. The van der Waals surface area contributed by atoms with E-state index in [9.17, 15) is 18.3 Å². The number of aromatic carboxylic acids is 1. The first-order valence-electron chi connectivity index (χ1n) is 7.02. The molecule has 0 radical (unpaired) electrons. The van der Waals surface area contributed by atoms with Gasteiger partial charge in [0.1, 0.15) is 4.21 Å². The van der Waals surface area contributed by atoms with Crippen LogP contribution >= 0.6 is 23.1 Å². The van der Waals surface area contributed by atoms with Crippen molar-refractivity contribution >= 4 is 39.1 Å². The van der Waals surface area contributed by atoms with E-state index < -0.39 is 16.0 Å². The van der Waals surface area contributed by atoms with Crippen LogP contribution in [-0.2, 0) is 23.0 Å². The quantitative estimate of drug-likeness (QED) is 0.635. The number of sulfonamides is 1. The van der Waals surface area contributed by atoms with E-state index in [0.29, 0.717) is 42.6 Å². The Kier molecular flexibility index (Phi) is 5.89. The average Bonchev–Trinajstić information content (AvgIpc) is 2.84. The average molecular weight is 365 g/mol. The third-order valence-corrected chi connectivity index (χ3v) is 7.52. The highest BCUT2D eigenvalue weighted by Crippen LogP contribution is 2.34. The number of carboxylic acids is 1. The highest BCUT2D eigenvalue weighted by atomic mass is 32.2. The van der Waals surface area contributed by atoms with E-state index in [1.54, 1.807) is 11.8 Å². The first kappa shape index (κ1) is 17.7. The zero-order valence-corrected chi connectivity index (χ0v) is 15.0. The number of thiophene rings is 1. The molecule has 1 aliphatic rings. The minimum Gasteiger partial charge on any atom is -0.478 e. The molecular weight excluding hydrogens is 344 g/mol. The predicted octanol–water partition coefficient (Wildman–Crippen LogP) is 1.51. The van der Waals surface area contributed by atoms with Gasteiger partial charge in [0.25, 0.3) is 10.0 Å². The fraction of sp³-hybridized carbons (Fsp3) is 0.615. The first-order valence-corrected chi connectivity index (χ1v) is 10.4. The van der Waals surface area contributed by atoms with Crippen LogP contribution in [0.5, 0.6) is 0 Å². The van der Waals surface area contributed by atoms with Crippen molar-refractivity contribution in [3.63, 3.8) is 0 Å². The number of carbonyl (C=O) groups is 1. The van der Waals surface area contributed by atoms with Crippen molar-refractivity contribution in [2.24, 2.45) is 0 Å². The maximum Gasteiger partial charge on any atom is 0.338 e. The Morgan fingerprint density at radius 3 is 2.86 bits per heavy atom. The largest absolute Gasteiger partial charge is 0.478 e. The maximum atomic E-state index is 12.4. The first-order chi connectivity index (χ1) is 10.3. The minimum atomic E-state index is -3.78. The number of thioether (sulfide) groups is 1. The molecule has 1 aromatic rings. The standard InChI is InChI=1S/C13H20N2O4S3/c1-8(2)20-6-5-15-22(18,19)13-11(12(16)17)9-3-4-14-7-10(9)21-13/h8,14-15H,3-7H2,1-2H3,(H,16,17). The molecule has 6 nitrogen and oxygen atoms in total. The van der Waals surface area contributed by atoms with Crippen LogP contribution in [0.15, 0.2) is 4.21 Å². The number of rotatable bonds is 7. The molecule has 3 N–H and O–H groups in total. The molecule has 0 bridgehead atoms. The summed E-state index contributed by atoms with van der Waals surface area (Å²) >= 11 is 2.72. The molecule has 0 aromatic carbocycles. The van der Waals surface area contributed by atoms with Gasteiger partial charge in [-0.3, -0.25) is 0 Å². The van der Waals surface area contributed by atoms with E-state index in [2.05, 4.69) is 10.0 Å². The van der Waals surface area contributed by atoms with Gasteiger partial charge in [0.05, 0.1) is 5.56 Å². The van der Waals surface area contributed by atoms with Crippen LogP contribution in [0.25, 0.3) is 0 Å². The third kappa shape index (κ3) is 4.02. The number of hydrogen-bond donors (Lipinski definition) is 3. The van der Waals surface area contributed by atoms with Crippen LogP contribution in [0.4, 0.5) is 0 Å². The SMILES string of the molecule is CC(C)SCCNS(=O)(=O)c1sc2c(c1C(=O)O)CCNC2. The van der Waals surface area contributed by atoms with Crippen molar-refractivity contribution in [3.05, 3.63) is 16.0 Å². The van der Waals surface area contributed by atoms with Gasteiger partial charge in [0.15, 0.2) is 0 Å². The van der Waals surface area contributed by atoms with Gasteiger partial charge in [-0.1, -0.05) is 13.8 Å². The fourth-order valence-electron chi connectivity index (χ4n) is 2.25. The highest BCUT2D eigenvalue weighted by molar-refractivity contribution is 7.99. The molecule has 2 rings (SSSR count). The summed E-state index contributed by atoms with van der Waals surface area (Å²) in [5, 5.41) is 13.0. The summed E-state index contributed by atoms with van der Waals surface area (Å²) in [6, 6.07) is 0. The van der Waals surface area contributed by atoms with E-state index >= 15 is 0 Å². The molecule has 0 unspecified atom stereocenters. The predicted molar refractivity (Wildman–Crippen MR) is 89.5 cm³/mol. The van der Waals surface area contributed by atoms with Gasteiger partial charge in [-0.05, 0) is 23.8 Å². The molecule has 0 spiro atoms. The second-order valence-corrected chi connectivity index (χ2v) is 9.97. The van der Waals surface area contributed by atoms with Crippen molar-refractivity contribution in [2.45, 2.75) is 36.3 Å². The molecule has 1 aromatic heterocycles. The normalized spacial score (nSPS) is 15.0. The number of nitrogens with one attached hydrogen (secondary N) is 2. The van der Waals surface area contributed by atoms with Crippen LogP contribution in [0.2, 0.25) is 0 Å². The summed E-state index contributed by atoms with van der Waals surface area (Å²) in [5.74, 6) is -0.511. The zero-order valence-electron chi connectivity index (χ0n) is 12.5. The van der Waals surface area contributed by atoms with Gasteiger partial charge >= 0.3 is 5.97 Å². The summed E-state index contributed by atoms with van der Waals surface area (Å²) < 4.78 is 27.3. The fourth-order valence-corrected chi connectivity index (χ4v) is 6.01. The van der Waals surface area contributed by atoms with Crippen molar-refractivity contribution in [3.8, 4) is 0 Å². The molecule has 0 fully saturated rings. The lowest BCUT2D eigenvalue weighted by Gasteiger charge is -2.12. The van der Waals surface area contributed by atoms with Crippen molar-refractivity contribution in [2.75, 3.05) is 18.8 Å². The molecule has 2 heterocycles. The van der Waals surface area contributed by atoms with E-state index in [0.717, 1.165) is 16.2 Å². The molecule has 0 saturated carbocycles. The maximum absolute atomic E-state index is 12.4. The lowest BCUT2D eigenvalue weighted by molar-refractivity contribution is 0.0692. The van der Waals surface area contributed by atoms with Crippen LogP contribution in [0.1, 0.15) is 34.6 Å². The third-order valence-electron chi connectivity index (χ3n) is 3.20. The van der Waals surface area contributed by atoms with E-state index in [4.69, 9.17) is 0 Å². The van der Waals surface area contributed by atoms with Gasteiger partial charge in [-0.15, -0.1) is 11.3 Å². The van der Waals surface area contributed by atoms with Gasteiger partial charge in [-0.25, -0.2) is 17.9 Å². The monoisotopic (exact) mass is 364 g/mol. The summed E-state index contributed by atoms with van der Waals surface area (Å²) in [4.78, 5) is 12.3. The second kappa shape index (κ2) is 7.31. The Hall–Kier alpha value is -0.610. The Morgan fingerprint density at radius 2 is 2.23 bits per heavy atom. The molecule has 0 aliphatic carbocycles. The van der Waals surface area contributed by atoms with Gasteiger partial charge in [0.2, 0.25) is 0 Å². The van der Waals surface area contributed by atoms with Crippen LogP contribution in [0, 0.1) is 0 Å². The molecule has 22 heavy (non-hydrogen) atoms. The molecule has 0 amide bonds. The minimum absolute atomic E-state index is 0.0505. The molecule has 9 heteroatoms. The Morgan fingerprint density at radius 1 is 1.50 bits per heavy atom. The summed E-state index contributed by atoms with van der Waals surface area (Å²) in [6.45, 7) is 5.58. The highest BCUT2D eigenvalue weighted by Gasteiger charge is 2.31. The summed E-state index contributed by atoms with van der Waals surface area (Å²) in [6.07, 6.45) is 0.548. The van der Waals surface area contributed by atoms with Crippen molar-refractivity contribution in [1.82, 2.24) is 10.0 Å². The Balaban J connectivity index is 2.23. The smallest absolute Gasteiger partial charge is 0.338 e. The number of fused-ring (bicyclic) bond motifs is 1. The van der Waals surface area contributed by atoms with Crippen LogP contribution < -0.4 is 10.0 Å². The molecule has 1 aliphatic heterocycles. The lowest BCUT2D eigenvalue weighted by atomic mass is 10.1. The molecule has 0 atom stereocenters. The summed E-state index contributed by atoms with van der Waals surface area (Å²) in [7, 11) is -3.78. The van der Waals surface area contributed by atoms with Crippen LogP contribution in [0.3, 0.4) is 0 Å². The van der Waals surface area contributed by atoms with Gasteiger partial charge in [-0.2, -0.15) is 11.8 Å². The van der Waals surface area contributed by atoms with E-state index in [-0.39, 0.29) is 9.77 Å². The molecular formula is C13H20N2O4S3. The molecule has 0 saturated heterocycles. The Bertz CT molecular complexity index is 652. The van der Waals surface area contributed by atoms with Gasteiger partial charge in [0, 0.05) is 23.7 Å². The Labute approximate surface area is 138 Å². The van der Waals surface area contributed by atoms with Crippen LogP contribution in [-0.4, -0.2) is 43.6 Å². The van der Waals surface area contributed by atoms with Crippen molar-refractivity contribution < 1.29 is 18.3 Å². The second-order valence-electron chi connectivity index (χ2n) is 5.22. The van der Waals surface area contributed by atoms with Crippen molar-refractivity contribution in [1.29, 1.82) is 0 Å². The topological polar surface area (TPSA) is 95.5 Å². The molecule has 124 valence electrons. The van der Waals surface area contributed by atoms with E-state index in [1.807, 2.05) is 13.8 Å². The number of carboxylic acid groups (broad SMARTS) is 1.